The zero-order valence-electron chi connectivity index (χ0n) is 10.5. The third-order valence-corrected chi connectivity index (χ3v) is 2.46. The summed E-state index contributed by atoms with van der Waals surface area (Å²) in [5.74, 6) is -1.12. The van der Waals surface area contributed by atoms with Crippen LogP contribution in [0.3, 0.4) is 0 Å². The number of ether oxygens (including phenoxy) is 1. The molecule has 0 radical (unpaired) electrons. The first-order chi connectivity index (χ1) is 9.49. The molecule has 110 valence electrons. The van der Waals surface area contributed by atoms with E-state index in [0.29, 0.717) is 5.75 Å². The Bertz CT molecular complexity index is 485. The molecule has 0 atom stereocenters. The molecule has 0 aliphatic heterocycles. The lowest BCUT2D eigenvalue weighted by atomic mass is 10.3. The van der Waals surface area contributed by atoms with Crippen LogP contribution in [-0.2, 0) is 4.79 Å². The number of benzene rings is 1. The predicted octanol–water partition coefficient (Wildman–Crippen LogP) is 1.63. The summed E-state index contributed by atoms with van der Waals surface area (Å²) < 4.78 is 18.1. The molecule has 1 aromatic carbocycles. The highest BCUT2D eigenvalue weighted by Crippen LogP contribution is 2.20. The van der Waals surface area contributed by atoms with Crippen molar-refractivity contribution in [3.8, 4) is 5.75 Å². The Labute approximate surface area is 119 Å². The molecule has 6 nitrogen and oxygen atoms in total. The van der Waals surface area contributed by atoms with Crippen molar-refractivity contribution in [2.45, 2.75) is 6.42 Å². The van der Waals surface area contributed by atoms with E-state index in [4.69, 9.17) is 21.4 Å². The zero-order valence-corrected chi connectivity index (χ0v) is 11.2. The summed E-state index contributed by atoms with van der Waals surface area (Å²) >= 11 is 5.58. The van der Waals surface area contributed by atoms with E-state index in [-0.39, 0.29) is 31.1 Å². The van der Waals surface area contributed by atoms with Crippen LogP contribution < -0.4 is 15.4 Å². The molecule has 0 heterocycles. The number of urea groups is 1. The fourth-order valence-electron chi connectivity index (χ4n) is 1.25. The summed E-state index contributed by atoms with van der Waals surface area (Å²) in [6, 6.07) is 3.47. The summed E-state index contributed by atoms with van der Waals surface area (Å²) in [7, 11) is 0. The van der Waals surface area contributed by atoms with Gasteiger partial charge in [-0.05, 0) is 12.1 Å². The van der Waals surface area contributed by atoms with Gasteiger partial charge < -0.3 is 20.5 Å². The fourth-order valence-corrected chi connectivity index (χ4v) is 1.42. The van der Waals surface area contributed by atoms with Gasteiger partial charge in [-0.1, -0.05) is 11.6 Å². The minimum atomic E-state index is -0.984. The minimum Gasteiger partial charge on any atom is -0.492 e. The zero-order chi connectivity index (χ0) is 15.0. The number of carbonyl (C=O) groups is 2. The number of carboxylic acid groups (broad SMARTS) is 1. The van der Waals surface area contributed by atoms with Crippen LogP contribution in [0.25, 0.3) is 0 Å². The van der Waals surface area contributed by atoms with Gasteiger partial charge in [0, 0.05) is 12.6 Å². The Morgan fingerprint density at radius 3 is 2.65 bits per heavy atom. The second-order valence-electron chi connectivity index (χ2n) is 3.75. The number of hydrogen-bond acceptors (Lipinski definition) is 3. The Balaban J connectivity index is 2.16. The van der Waals surface area contributed by atoms with Crippen molar-refractivity contribution in [2.75, 3.05) is 19.7 Å². The summed E-state index contributed by atoms with van der Waals surface area (Å²) in [5, 5.41) is 13.2. The van der Waals surface area contributed by atoms with Gasteiger partial charge in [-0.25, -0.2) is 9.18 Å². The number of hydrogen-bond donors (Lipinski definition) is 3. The van der Waals surface area contributed by atoms with Crippen molar-refractivity contribution >= 4 is 23.6 Å². The highest BCUT2D eigenvalue weighted by atomic mass is 35.5. The maximum atomic E-state index is 12.9. The van der Waals surface area contributed by atoms with Crippen LogP contribution in [-0.4, -0.2) is 36.8 Å². The van der Waals surface area contributed by atoms with Gasteiger partial charge in [0.25, 0.3) is 0 Å². The molecule has 3 N–H and O–H groups in total. The van der Waals surface area contributed by atoms with Crippen molar-refractivity contribution in [1.82, 2.24) is 10.6 Å². The Hall–Kier alpha value is -2.02. The SMILES string of the molecule is O=C(O)CCNC(=O)NCCOc1ccc(F)c(Cl)c1. The van der Waals surface area contributed by atoms with E-state index in [2.05, 4.69) is 10.6 Å². The van der Waals surface area contributed by atoms with E-state index < -0.39 is 17.8 Å². The molecule has 0 saturated carbocycles. The first-order valence-corrected chi connectivity index (χ1v) is 6.18. The van der Waals surface area contributed by atoms with Crippen LogP contribution >= 0.6 is 11.6 Å². The maximum Gasteiger partial charge on any atom is 0.314 e. The van der Waals surface area contributed by atoms with Gasteiger partial charge >= 0.3 is 12.0 Å². The molecule has 0 aliphatic rings. The van der Waals surface area contributed by atoms with Gasteiger partial charge in [0.05, 0.1) is 18.0 Å². The average Bonchev–Trinajstić information content (AvgIpc) is 2.38. The number of halogens is 2. The van der Waals surface area contributed by atoms with Crippen molar-refractivity contribution in [3.05, 3.63) is 29.0 Å². The molecule has 0 fully saturated rings. The van der Waals surface area contributed by atoms with Crippen molar-refractivity contribution in [2.24, 2.45) is 0 Å². The lowest BCUT2D eigenvalue weighted by molar-refractivity contribution is -0.136. The normalized spacial score (nSPS) is 9.90. The molecule has 0 saturated heterocycles. The summed E-state index contributed by atoms with van der Waals surface area (Å²) in [6.07, 6.45) is -0.141. The number of aliphatic carboxylic acids is 1. The minimum absolute atomic E-state index is 0.0399. The quantitative estimate of drug-likeness (QED) is 0.668. The van der Waals surface area contributed by atoms with Crippen molar-refractivity contribution in [3.63, 3.8) is 0 Å². The highest BCUT2D eigenvalue weighted by molar-refractivity contribution is 6.30. The molecule has 8 heteroatoms. The molecule has 2 amide bonds. The average molecular weight is 305 g/mol. The Kier molecular flexibility index (Phi) is 6.58. The van der Waals surface area contributed by atoms with Gasteiger partial charge in [0.2, 0.25) is 0 Å². The standard InChI is InChI=1S/C12H14ClFN2O4/c13-9-7-8(1-2-10(9)14)20-6-5-16-12(19)15-4-3-11(17)18/h1-2,7H,3-6H2,(H,17,18)(H2,15,16,19). The van der Waals surface area contributed by atoms with Crippen molar-refractivity contribution in [1.29, 1.82) is 0 Å². The third-order valence-electron chi connectivity index (χ3n) is 2.17. The molecule has 0 aliphatic carbocycles. The van der Waals surface area contributed by atoms with Gasteiger partial charge in [-0.15, -0.1) is 0 Å². The van der Waals surface area contributed by atoms with Crippen LogP contribution in [0.15, 0.2) is 18.2 Å². The Morgan fingerprint density at radius 2 is 2.00 bits per heavy atom. The summed E-state index contributed by atoms with van der Waals surface area (Å²) in [6.45, 7) is 0.442. The predicted molar refractivity (Wildman–Crippen MR) is 70.6 cm³/mol. The molecule has 1 aromatic rings. The van der Waals surface area contributed by atoms with E-state index in [9.17, 15) is 14.0 Å². The smallest absolute Gasteiger partial charge is 0.314 e. The maximum absolute atomic E-state index is 12.9. The van der Waals surface area contributed by atoms with E-state index in [1.807, 2.05) is 0 Å². The van der Waals surface area contributed by atoms with Gasteiger partial charge in [-0.3, -0.25) is 4.79 Å². The molecule has 0 unspecified atom stereocenters. The molecule has 0 bridgehead atoms. The van der Waals surface area contributed by atoms with E-state index in [1.54, 1.807) is 0 Å². The van der Waals surface area contributed by atoms with Crippen LogP contribution in [0.4, 0.5) is 9.18 Å². The largest absolute Gasteiger partial charge is 0.492 e. The number of rotatable bonds is 7. The number of carbonyl (C=O) groups excluding carboxylic acids is 1. The highest BCUT2D eigenvalue weighted by Gasteiger charge is 2.03. The monoisotopic (exact) mass is 304 g/mol. The van der Waals surface area contributed by atoms with Gasteiger partial charge in [0.1, 0.15) is 18.2 Å². The Morgan fingerprint density at radius 1 is 1.30 bits per heavy atom. The van der Waals surface area contributed by atoms with Crippen LogP contribution in [0.2, 0.25) is 5.02 Å². The van der Waals surface area contributed by atoms with E-state index in [1.165, 1.54) is 18.2 Å². The number of amides is 2. The fraction of sp³-hybridized carbons (Fsp3) is 0.333. The molecule has 20 heavy (non-hydrogen) atoms. The van der Waals surface area contributed by atoms with Crippen LogP contribution in [0.5, 0.6) is 5.75 Å². The molecular formula is C12H14ClFN2O4. The number of nitrogens with one attached hydrogen (secondary N) is 2. The second kappa shape index (κ2) is 8.21. The molecule has 1 rings (SSSR count). The van der Waals surface area contributed by atoms with Gasteiger partial charge in [-0.2, -0.15) is 0 Å². The summed E-state index contributed by atoms with van der Waals surface area (Å²) in [4.78, 5) is 21.4. The lowest BCUT2D eigenvalue weighted by Gasteiger charge is -2.09. The van der Waals surface area contributed by atoms with E-state index in [0.717, 1.165) is 0 Å². The van der Waals surface area contributed by atoms with Gasteiger partial charge in [0.15, 0.2) is 0 Å². The van der Waals surface area contributed by atoms with Crippen LogP contribution in [0, 0.1) is 5.82 Å². The molecular weight excluding hydrogens is 291 g/mol. The summed E-state index contributed by atoms with van der Waals surface area (Å²) in [5.41, 5.74) is 0. The number of carboxylic acids is 1. The molecule has 0 spiro atoms. The second-order valence-corrected chi connectivity index (χ2v) is 4.16. The first-order valence-electron chi connectivity index (χ1n) is 5.80. The van der Waals surface area contributed by atoms with Crippen molar-refractivity contribution < 1.29 is 23.8 Å². The van der Waals surface area contributed by atoms with E-state index >= 15 is 0 Å². The first kappa shape index (κ1) is 16.0. The molecule has 0 aromatic heterocycles. The van der Waals surface area contributed by atoms with Crippen LogP contribution in [0.1, 0.15) is 6.42 Å². The topological polar surface area (TPSA) is 87.7 Å². The lowest BCUT2D eigenvalue weighted by Crippen LogP contribution is -2.38. The third kappa shape index (κ3) is 6.24.